The van der Waals surface area contributed by atoms with Gasteiger partial charge >= 0.3 is 0 Å². The monoisotopic (exact) mass is 568 g/mol. The molecular weight excluding hydrogens is 535 g/mol. The van der Waals surface area contributed by atoms with Gasteiger partial charge in [-0.15, -0.1) is 0 Å². The Labute approximate surface area is 242 Å². The number of allylic oxidation sites excluding steroid dienone is 4. The fourth-order valence-electron chi connectivity index (χ4n) is 6.24. The highest BCUT2D eigenvalue weighted by Gasteiger charge is 2.33. The maximum absolute atomic E-state index is 14.7. The molecule has 1 aromatic carbocycles. The van der Waals surface area contributed by atoms with E-state index in [0.29, 0.717) is 12.2 Å². The summed E-state index contributed by atoms with van der Waals surface area (Å²) < 4.78 is 31.6. The zero-order valence-electron chi connectivity index (χ0n) is 24.2. The van der Waals surface area contributed by atoms with Crippen LogP contribution in [-0.2, 0) is 11.2 Å². The maximum Gasteiger partial charge on any atom is 0.142 e. The first-order valence-corrected chi connectivity index (χ1v) is 14.2. The first-order valence-electron chi connectivity index (χ1n) is 14.2. The third-order valence-corrected chi connectivity index (χ3v) is 8.47. The van der Waals surface area contributed by atoms with Crippen molar-refractivity contribution in [1.29, 1.82) is 0 Å². The summed E-state index contributed by atoms with van der Waals surface area (Å²) in [5.41, 5.74) is 6.05. The van der Waals surface area contributed by atoms with Gasteiger partial charge in [0.15, 0.2) is 0 Å². The van der Waals surface area contributed by atoms with Crippen LogP contribution in [0.2, 0.25) is 0 Å². The Kier molecular flexibility index (Phi) is 6.47. The van der Waals surface area contributed by atoms with Crippen molar-refractivity contribution in [2.75, 3.05) is 40.0 Å². The maximum atomic E-state index is 14.7. The number of rotatable bonds is 6. The number of halogens is 1. The van der Waals surface area contributed by atoms with Crippen LogP contribution >= 0.6 is 0 Å². The number of fused-ring (bicyclic) bond motifs is 4. The first-order chi connectivity index (χ1) is 20.3. The van der Waals surface area contributed by atoms with Gasteiger partial charge in [0.25, 0.3) is 0 Å². The van der Waals surface area contributed by atoms with Crippen LogP contribution in [0.15, 0.2) is 58.6 Å². The summed E-state index contributed by atoms with van der Waals surface area (Å²) >= 11 is 0. The number of methoxy groups -OCH3 is 1. The van der Waals surface area contributed by atoms with Crippen LogP contribution < -0.4 is 10.1 Å². The quantitative estimate of drug-likeness (QED) is 0.322. The Bertz CT molecular complexity index is 1820. The summed E-state index contributed by atoms with van der Waals surface area (Å²) in [4.78, 5) is 16.1. The normalized spacial score (nSPS) is 20.7. The van der Waals surface area contributed by atoms with Crippen molar-refractivity contribution in [3.05, 3.63) is 77.0 Å². The molecule has 2 N–H and O–H groups in total. The molecule has 1 saturated heterocycles. The molecule has 3 aliphatic rings. The van der Waals surface area contributed by atoms with Gasteiger partial charge in [0.05, 0.1) is 48.2 Å². The molecule has 0 amide bonds. The number of dihydropyridines is 1. The van der Waals surface area contributed by atoms with Crippen molar-refractivity contribution < 1.29 is 18.4 Å². The summed E-state index contributed by atoms with van der Waals surface area (Å²) in [5.74, 6) is 1.85. The van der Waals surface area contributed by atoms with Crippen LogP contribution in [0, 0.1) is 13.8 Å². The van der Waals surface area contributed by atoms with Crippen molar-refractivity contribution in [2.24, 2.45) is 0 Å². The summed E-state index contributed by atoms with van der Waals surface area (Å²) in [7, 11) is 1.66. The molecule has 0 spiro atoms. The Morgan fingerprint density at radius 1 is 1.14 bits per heavy atom. The van der Waals surface area contributed by atoms with E-state index in [-0.39, 0.29) is 5.83 Å². The van der Waals surface area contributed by atoms with Crippen molar-refractivity contribution in [3.8, 4) is 16.9 Å². The third kappa shape index (κ3) is 4.42. The molecule has 10 heteroatoms. The van der Waals surface area contributed by atoms with Crippen LogP contribution in [0.5, 0.6) is 5.75 Å². The Morgan fingerprint density at radius 3 is 2.74 bits per heavy atom. The summed E-state index contributed by atoms with van der Waals surface area (Å²) in [6.45, 7) is 9.95. The number of hydrogen-bond acceptors (Lipinski definition) is 8. The standard InChI is InChI=1S/C32H33FN6O3/c1-18-28(19(2)42-38-18)23-16-25-22(17-26(23)40-4)29-30(21-6-9-34-32(3)8-5-20(33)15-24(21)32)36-27(37-31(29)35-25)7-10-39-11-13-41-14-12-39/h5-6,8-9,15-17,34H,7,10-14H2,1-4H3,(H,35,36,37). The van der Waals surface area contributed by atoms with Crippen LogP contribution in [-0.4, -0.2) is 70.5 Å². The predicted octanol–water partition coefficient (Wildman–Crippen LogP) is 5.32. The van der Waals surface area contributed by atoms with E-state index < -0.39 is 5.54 Å². The van der Waals surface area contributed by atoms with E-state index in [9.17, 15) is 4.39 Å². The molecule has 1 unspecified atom stereocenters. The summed E-state index contributed by atoms with van der Waals surface area (Å²) in [5, 5.41) is 9.33. The largest absolute Gasteiger partial charge is 0.496 e. The van der Waals surface area contributed by atoms with Gasteiger partial charge in [-0.3, -0.25) is 4.90 Å². The molecule has 1 atom stereocenters. The third-order valence-electron chi connectivity index (χ3n) is 8.47. The van der Waals surface area contributed by atoms with Gasteiger partial charge in [-0.05, 0) is 62.9 Å². The molecule has 7 rings (SSSR count). The minimum atomic E-state index is -0.564. The minimum Gasteiger partial charge on any atom is -0.496 e. The smallest absolute Gasteiger partial charge is 0.142 e. The van der Waals surface area contributed by atoms with Gasteiger partial charge in [0.2, 0.25) is 0 Å². The van der Waals surface area contributed by atoms with Crippen LogP contribution in [0.4, 0.5) is 4.39 Å². The molecule has 0 radical (unpaired) electrons. The van der Waals surface area contributed by atoms with Gasteiger partial charge in [0, 0.05) is 48.1 Å². The van der Waals surface area contributed by atoms with E-state index in [1.807, 2.05) is 45.2 Å². The highest BCUT2D eigenvalue weighted by atomic mass is 19.1. The number of nitrogens with one attached hydrogen (secondary N) is 2. The Hall–Kier alpha value is -4.28. The second-order valence-electron chi connectivity index (χ2n) is 11.2. The fourth-order valence-corrected chi connectivity index (χ4v) is 6.24. The molecule has 1 aliphatic carbocycles. The molecule has 216 valence electrons. The van der Waals surface area contributed by atoms with Crippen molar-refractivity contribution in [2.45, 2.75) is 32.7 Å². The van der Waals surface area contributed by atoms with Gasteiger partial charge in [0.1, 0.15) is 28.8 Å². The van der Waals surface area contributed by atoms with Crippen molar-refractivity contribution in [3.63, 3.8) is 0 Å². The lowest BCUT2D eigenvalue weighted by molar-refractivity contribution is 0.0382. The zero-order valence-corrected chi connectivity index (χ0v) is 24.2. The predicted molar refractivity (Wildman–Crippen MR) is 160 cm³/mol. The fraction of sp³-hybridized carbons (Fsp3) is 0.344. The second-order valence-corrected chi connectivity index (χ2v) is 11.2. The molecule has 0 bridgehead atoms. The molecular formula is C32H33FN6O3. The van der Waals surface area contributed by atoms with Gasteiger partial charge in [-0.2, -0.15) is 0 Å². The topological polar surface area (TPSA) is 101 Å². The van der Waals surface area contributed by atoms with E-state index in [2.05, 4.69) is 26.4 Å². The van der Waals surface area contributed by atoms with Crippen molar-refractivity contribution >= 4 is 27.5 Å². The number of H-pyrrole nitrogens is 1. The van der Waals surface area contributed by atoms with Crippen LogP contribution in [0.1, 0.15) is 29.9 Å². The highest BCUT2D eigenvalue weighted by Crippen LogP contribution is 2.43. The van der Waals surface area contributed by atoms with E-state index in [1.54, 1.807) is 13.2 Å². The second kappa shape index (κ2) is 10.2. The zero-order chi connectivity index (χ0) is 29.0. The highest BCUT2D eigenvalue weighted by molar-refractivity contribution is 6.13. The molecule has 0 saturated carbocycles. The SMILES string of the molecule is COc1cc2c(cc1-c1c(C)noc1C)[nH]c1nc(CCN3CCOCC3)nc(C3=C4C=C(F)C=CC4(C)NC=C3)c12. The molecule has 42 heavy (non-hydrogen) atoms. The summed E-state index contributed by atoms with van der Waals surface area (Å²) in [6, 6.07) is 4.07. The lowest BCUT2D eigenvalue weighted by atomic mass is 9.81. The summed E-state index contributed by atoms with van der Waals surface area (Å²) in [6.07, 6.45) is 9.51. The van der Waals surface area contributed by atoms with Crippen LogP contribution in [0.25, 0.3) is 38.6 Å². The Balaban J connectivity index is 1.46. The first kappa shape index (κ1) is 26.6. The van der Waals surface area contributed by atoms with E-state index in [0.717, 1.165) is 100 Å². The number of nitrogens with zero attached hydrogens (tertiary/aromatic N) is 4. The average molecular weight is 569 g/mol. The molecule has 9 nitrogen and oxygen atoms in total. The lowest BCUT2D eigenvalue weighted by Crippen LogP contribution is -2.41. The number of hydrogen-bond donors (Lipinski definition) is 2. The number of aryl methyl sites for hydroxylation is 2. The number of benzene rings is 1. The molecule has 2 aliphatic heterocycles. The van der Waals surface area contributed by atoms with E-state index >= 15 is 0 Å². The number of aromatic amines is 1. The molecule has 3 aromatic heterocycles. The molecule has 1 fully saturated rings. The minimum absolute atomic E-state index is 0.292. The van der Waals surface area contributed by atoms with Crippen molar-refractivity contribution in [1.82, 2.24) is 30.3 Å². The van der Waals surface area contributed by atoms with Gasteiger partial charge in [-0.25, -0.2) is 14.4 Å². The molecule has 5 heterocycles. The lowest BCUT2D eigenvalue weighted by Gasteiger charge is -2.35. The average Bonchev–Trinajstić information content (AvgIpc) is 3.53. The molecule has 4 aromatic rings. The number of aromatic nitrogens is 4. The van der Waals surface area contributed by atoms with Gasteiger partial charge < -0.3 is 24.3 Å². The van der Waals surface area contributed by atoms with E-state index in [4.69, 9.17) is 24.0 Å². The van der Waals surface area contributed by atoms with Gasteiger partial charge in [-0.1, -0.05) is 11.2 Å². The number of ether oxygens (including phenoxy) is 2. The Morgan fingerprint density at radius 2 is 1.98 bits per heavy atom. The van der Waals surface area contributed by atoms with E-state index in [1.165, 1.54) is 6.08 Å². The number of morpholine rings is 1. The van der Waals surface area contributed by atoms with Crippen LogP contribution in [0.3, 0.4) is 0 Å².